The molecule has 1 heterocycles. The number of rotatable bonds is 4. The van der Waals surface area contributed by atoms with Gasteiger partial charge in [0.1, 0.15) is 5.71 Å². The van der Waals surface area contributed by atoms with Crippen molar-refractivity contribution in [1.82, 2.24) is 9.80 Å². The van der Waals surface area contributed by atoms with Crippen LogP contribution in [0.3, 0.4) is 0 Å². The molecular formula is C18H37N5O2. The van der Waals surface area contributed by atoms with Gasteiger partial charge in [-0.05, 0) is 46.7 Å². The SMILES string of the molecule is CC1CN(C(C)CO)C(C)CCCN=CC(=NN)COC1CN(C)C. The number of aliphatic imine (C=N–C) groups is 1. The number of nitrogens with zero attached hydrogens (tertiary/aromatic N) is 4. The van der Waals surface area contributed by atoms with Crippen LogP contribution in [0.5, 0.6) is 0 Å². The summed E-state index contributed by atoms with van der Waals surface area (Å²) in [6.45, 7) is 9.53. The molecule has 1 rings (SSSR count). The average Bonchev–Trinajstić information content (AvgIpc) is 2.59. The lowest BCUT2D eigenvalue weighted by Crippen LogP contribution is -2.48. The van der Waals surface area contributed by atoms with Crippen molar-refractivity contribution in [2.75, 3.05) is 46.9 Å². The number of hydrazone groups is 1. The number of hydrogen-bond donors (Lipinski definition) is 2. The van der Waals surface area contributed by atoms with Crippen molar-refractivity contribution in [3.8, 4) is 0 Å². The Hall–Kier alpha value is -1.02. The zero-order valence-corrected chi connectivity index (χ0v) is 16.6. The minimum Gasteiger partial charge on any atom is -0.395 e. The van der Waals surface area contributed by atoms with Crippen LogP contribution in [0, 0.1) is 5.92 Å². The van der Waals surface area contributed by atoms with Crippen LogP contribution in [0.1, 0.15) is 33.6 Å². The van der Waals surface area contributed by atoms with Gasteiger partial charge in [0, 0.05) is 37.9 Å². The topological polar surface area (TPSA) is 86.7 Å². The van der Waals surface area contributed by atoms with Crippen molar-refractivity contribution < 1.29 is 9.84 Å². The maximum atomic E-state index is 9.67. The van der Waals surface area contributed by atoms with Crippen LogP contribution in [0.25, 0.3) is 0 Å². The molecule has 146 valence electrons. The van der Waals surface area contributed by atoms with Crippen LogP contribution in [0.2, 0.25) is 0 Å². The van der Waals surface area contributed by atoms with E-state index in [4.69, 9.17) is 10.6 Å². The van der Waals surface area contributed by atoms with E-state index in [1.54, 1.807) is 6.21 Å². The van der Waals surface area contributed by atoms with Crippen molar-refractivity contribution in [3.05, 3.63) is 0 Å². The minimum atomic E-state index is 0.0569. The molecule has 0 saturated carbocycles. The molecule has 25 heavy (non-hydrogen) atoms. The predicted octanol–water partition coefficient (Wildman–Crippen LogP) is 0.820. The summed E-state index contributed by atoms with van der Waals surface area (Å²) in [5.74, 6) is 5.78. The van der Waals surface area contributed by atoms with Crippen LogP contribution in [0.4, 0.5) is 0 Å². The van der Waals surface area contributed by atoms with E-state index in [0.29, 0.717) is 24.3 Å². The van der Waals surface area contributed by atoms with E-state index in [1.165, 1.54) is 0 Å². The number of likely N-dealkylation sites (N-methyl/N-ethyl adjacent to an activating group) is 1. The van der Waals surface area contributed by atoms with Gasteiger partial charge in [0.2, 0.25) is 0 Å². The van der Waals surface area contributed by atoms with Gasteiger partial charge in [0.05, 0.1) is 19.3 Å². The van der Waals surface area contributed by atoms with Gasteiger partial charge < -0.3 is 20.6 Å². The van der Waals surface area contributed by atoms with Gasteiger partial charge in [-0.15, -0.1) is 0 Å². The number of aliphatic hydroxyl groups is 1. The molecule has 0 aromatic carbocycles. The van der Waals surface area contributed by atoms with E-state index in [-0.39, 0.29) is 18.8 Å². The van der Waals surface area contributed by atoms with Crippen molar-refractivity contribution in [3.63, 3.8) is 0 Å². The second kappa shape index (κ2) is 11.6. The summed E-state index contributed by atoms with van der Waals surface area (Å²) >= 11 is 0. The average molecular weight is 356 g/mol. The lowest BCUT2D eigenvalue weighted by molar-refractivity contribution is -0.00489. The van der Waals surface area contributed by atoms with E-state index in [0.717, 1.165) is 32.5 Å². The van der Waals surface area contributed by atoms with E-state index in [1.807, 2.05) is 14.1 Å². The molecule has 0 saturated heterocycles. The molecule has 1 aliphatic rings. The van der Waals surface area contributed by atoms with Gasteiger partial charge in [0.25, 0.3) is 0 Å². The molecule has 0 aromatic heterocycles. The molecule has 4 unspecified atom stereocenters. The second-order valence-corrected chi connectivity index (χ2v) is 7.46. The molecule has 7 nitrogen and oxygen atoms in total. The first-order valence-corrected chi connectivity index (χ1v) is 9.28. The Morgan fingerprint density at radius 1 is 1.48 bits per heavy atom. The maximum absolute atomic E-state index is 9.67. The van der Waals surface area contributed by atoms with Crippen LogP contribution in [-0.2, 0) is 4.74 Å². The molecule has 0 spiro atoms. The molecule has 4 atom stereocenters. The first kappa shape index (κ1) is 22.0. The molecule has 7 heteroatoms. The number of nitrogens with two attached hydrogens (primary N) is 1. The zero-order chi connectivity index (χ0) is 18.8. The van der Waals surface area contributed by atoms with Crippen LogP contribution < -0.4 is 5.84 Å². The third-order valence-electron chi connectivity index (χ3n) is 4.84. The predicted molar refractivity (Wildman–Crippen MR) is 104 cm³/mol. The Morgan fingerprint density at radius 3 is 2.80 bits per heavy atom. The minimum absolute atomic E-state index is 0.0569. The van der Waals surface area contributed by atoms with Gasteiger partial charge in [-0.2, -0.15) is 5.10 Å². The van der Waals surface area contributed by atoms with Crippen LogP contribution in [-0.4, -0.2) is 92.0 Å². The Kier molecular flexibility index (Phi) is 10.2. The molecule has 0 fully saturated rings. The second-order valence-electron chi connectivity index (χ2n) is 7.46. The van der Waals surface area contributed by atoms with Crippen LogP contribution in [0.15, 0.2) is 10.1 Å². The monoisotopic (exact) mass is 355 g/mol. The maximum Gasteiger partial charge on any atom is 0.103 e. The number of ether oxygens (including phenoxy) is 1. The van der Waals surface area contributed by atoms with Gasteiger partial charge in [-0.1, -0.05) is 6.92 Å². The van der Waals surface area contributed by atoms with Gasteiger partial charge in [-0.3, -0.25) is 9.89 Å². The number of hydrogen-bond acceptors (Lipinski definition) is 7. The van der Waals surface area contributed by atoms with Gasteiger partial charge in [0.15, 0.2) is 0 Å². The summed E-state index contributed by atoms with van der Waals surface area (Å²) in [5.41, 5.74) is 0.670. The standard InChI is InChI=1S/C18H37N5O2/c1-14-10-23(16(3)12-24)15(2)7-6-8-20-9-17(21-19)13-25-18(14)11-22(4)5/h9,14-16,18,24H,6-8,10-13,19H2,1-5H3. The van der Waals surface area contributed by atoms with Crippen molar-refractivity contribution in [2.45, 2.75) is 51.8 Å². The van der Waals surface area contributed by atoms with E-state index < -0.39 is 0 Å². The summed E-state index contributed by atoms with van der Waals surface area (Å²) in [6, 6.07) is 0.524. The quantitative estimate of drug-likeness (QED) is 0.576. The fourth-order valence-electron chi connectivity index (χ4n) is 3.22. The summed E-state index contributed by atoms with van der Waals surface area (Å²) < 4.78 is 6.15. The van der Waals surface area contributed by atoms with Gasteiger partial charge >= 0.3 is 0 Å². The molecule has 0 aromatic rings. The highest BCUT2D eigenvalue weighted by Gasteiger charge is 2.27. The molecular weight excluding hydrogens is 318 g/mol. The Balaban J connectivity index is 2.98. The van der Waals surface area contributed by atoms with E-state index >= 15 is 0 Å². The molecule has 0 aliphatic carbocycles. The molecule has 3 N–H and O–H groups in total. The van der Waals surface area contributed by atoms with E-state index in [9.17, 15) is 5.11 Å². The zero-order valence-electron chi connectivity index (χ0n) is 16.6. The lowest BCUT2D eigenvalue weighted by Gasteiger charge is -2.38. The molecule has 0 amide bonds. The lowest BCUT2D eigenvalue weighted by atomic mass is 10.00. The summed E-state index contributed by atoms with van der Waals surface area (Å²) in [6.07, 6.45) is 3.83. The Labute approximate surface area is 152 Å². The first-order valence-electron chi connectivity index (χ1n) is 9.28. The Bertz CT molecular complexity index is 428. The van der Waals surface area contributed by atoms with Crippen molar-refractivity contribution in [2.24, 2.45) is 21.9 Å². The van der Waals surface area contributed by atoms with Crippen molar-refractivity contribution >= 4 is 11.9 Å². The van der Waals surface area contributed by atoms with E-state index in [2.05, 4.69) is 40.7 Å². The third kappa shape index (κ3) is 7.81. The summed E-state index contributed by atoms with van der Waals surface area (Å²) in [4.78, 5) is 8.96. The highest BCUT2D eigenvalue weighted by Crippen LogP contribution is 2.18. The smallest absolute Gasteiger partial charge is 0.103 e. The first-order chi connectivity index (χ1) is 11.9. The number of aliphatic hydroxyl groups excluding tert-OH is 1. The highest BCUT2D eigenvalue weighted by atomic mass is 16.5. The largest absolute Gasteiger partial charge is 0.395 e. The fraction of sp³-hybridized carbons (Fsp3) is 0.889. The summed E-state index contributed by atoms with van der Waals surface area (Å²) in [7, 11) is 4.10. The fourth-order valence-corrected chi connectivity index (χ4v) is 3.22. The molecule has 0 radical (unpaired) electrons. The van der Waals surface area contributed by atoms with Crippen molar-refractivity contribution in [1.29, 1.82) is 0 Å². The van der Waals surface area contributed by atoms with Crippen LogP contribution >= 0.6 is 0 Å². The third-order valence-corrected chi connectivity index (χ3v) is 4.84. The normalized spacial score (nSPS) is 30.7. The molecule has 1 aliphatic heterocycles. The summed E-state index contributed by atoms with van der Waals surface area (Å²) in [5, 5.41) is 13.5. The Morgan fingerprint density at radius 2 is 2.20 bits per heavy atom. The molecule has 0 bridgehead atoms. The van der Waals surface area contributed by atoms with Gasteiger partial charge in [-0.25, -0.2) is 0 Å². The highest BCUT2D eigenvalue weighted by molar-refractivity contribution is 6.31.